The Morgan fingerprint density at radius 2 is 2.00 bits per heavy atom. The van der Waals surface area contributed by atoms with E-state index in [1.807, 2.05) is 18.2 Å². The fourth-order valence-electron chi connectivity index (χ4n) is 2.05. The van der Waals surface area contributed by atoms with Crippen LogP contribution in [0.15, 0.2) is 29.8 Å². The molecule has 3 nitrogen and oxygen atoms in total. The summed E-state index contributed by atoms with van der Waals surface area (Å²) < 4.78 is 4.89. The van der Waals surface area contributed by atoms with Crippen molar-refractivity contribution >= 4 is 11.5 Å². The fourth-order valence-corrected chi connectivity index (χ4v) is 2.05. The van der Waals surface area contributed by atoms with Crippen molar-refractivity contribution in [1.29, 1.82) is 5.26 Å². The zero-order chi connectivity index (χ0) is 13.8. The van der Waals surface area contributed by atoms with Crippen molar-refractivity contribution in [2.45, 2.75) is 32.6 Å². The maximum Gasteiger partial charge on any atom is 0.349 e. The predicted molar refractivity (Wildman–Crippen MR) is 73.3 cm³/mol. The topological polar surface area (TPSA) is 50.1 Å². The number of esters is 1. The van der Waals surface area contributed by atoms with E-state index in [9.17, 15) is 4.79 Å². The molecule has 0 unspecified atom stereocenters. The molecule has 0 aromatic heterocycles. The number of ether oxygens (including phenoxy) is 1. The van der Waals surface area contributed by atoms with Crippen LogP contribution in [0.2, 0.25) is 0 Å². The van der Waals surface area contributed by atoms with Crippen LogP contribution in [0.1, 0.15) is 43.7 Å². The first-order chi connectivity index (χ1) is 9.17. The highest BCUT2D eigenvalue weighted by Crippen LogP contribution is 2.40. The van der Waals surface area contributed by atoms with E-state index < -0.39 is 5.97 Å². The molecular weight excluding hydrogens is 238 g/mol. The molecule has 98 valence electrons. The van der Waals surface area contributed by atoms with Crippen LogP contribution in [0.5, 0.6) is 0 Å². The zero-order valence-corrected chi connectivity index (χ0v) is 11.3. The van der Waals surface area contributed by atoms with Crippen LogP contribution in [0.4, 0.5) is 0 Å². The summed E-state index contributed by atoms with van der Waals surface area (Å²) in [5.41, 5.74) is 2.99. The van der Waals surface area contributed by atoms with Gasteiger partial charge in [0.05, 0.1) is 6.61 Å². The SMILES string of the molecule is CCOC(=O)C(C#N)=C(C)c1ccc(C2CC2)cc1. The first kappa shape index (κ1) is 13.4. The summed E-state index contributed by atoms with van der Waals surface area (Å²) in [5.74, 6) is 0.160. The normalized spacial score (nSPS) is 15.4. The van der Waals surface area contributed by atoms with Gasteiger partial charge in [-0.2, -0.15) is 5.26 Å². The smallest absolute Gasteiger partial charge is 0.349 e. The molecule has 1 aliphatic carbocycles. The van der Waals surface area contributed by atoms with Crippen LogP contribution in [-0.4, -0.2) is 12.6 Å². The Balaban J connectivity index is 2.27. The molecule has 0 saturated heterocycles. The first-order valence-corrected chi connectivity index (χ1v) is 6.55. The van der Waals surface area contributed by atoms with Crippen molar-refractivity contribution in [2.75, 3.05) is 6.61 Å². The van der Waals surface area contributed by atoms with E-state index in [0.29, 0.717) is 11.5 Å². The summed E-state index contributed by atoms with van der Waals surface area (Å²) in [6, 6.07) is 10.0. The quantitative estimate of drug-likeness (QED) is 0.470. The Kier molecular flexibility index (Phi) is 4.01. The van der Waals surface area contributed by atoms with Gasteiger partial charge in [0.1, 0.15) is 11.6 Å². The Morgan fingerprint density at radius 1 is 1.37 bits per heavy atom. The third-order valence-corrected chi connectivity index (χ3v) is 3.36. The van der Waals surface area contributed by atoms with Gasteiger partial charge in [-0.25, -0.2) is 4.79 Å². The highest BCUT2D eigenvalue weighted by molar-refractivity contribution is 6.01. The lowest BCUT2D eigenvalue weighted by Gasteiger charge is -2.07. The van der Waals surface area contributed by atoms with Crippen molar-refractivity contribution in [3.63, 3.8) is 0 Å². The number of allylic oxidation sites excluding steroid dienone is 1. The summed E-state index contributed by atoms with van der Waals surface area (Å²) in [5, 5.41) is 9.10. The second-order valence-corrected chi connectivity index (χ2v) is 4.73. The van der Waals surface area contributed by atoms with Gasteiger partial charge in [-0.15, -0.1) is 0 Å². The number of hydrogen-bond acceptors (Lipinski definition) is 3. The molecule has 0 bridgehead atoms. The van der Waals surface area contributed by atoms with E-state index in [1.165, 1.54) is 18.4 Å². The fraction of sp³-hybridized carbons (Fsp3) is 0.375. The summed E-state index contributed by atoms with van der Waals surface area (Å²) in [7, 11) is 0. The summed E-state index contributed by atoms with van der Waals surface area (Å²) in [6.07, 6.45) is 2.53. The standard InChI is InChI=1S/C16H17NO2/c1-3-19-16(18)15(10-17)11(2)12-4-6-13(7-5-12)14-8-9-14/h4-7,14H,3,8-9H2,1-2H3. The molecule has 0 spiro atoms. The van der Waals surface area contributed by atoms with Crippen molar-refractivity contribution in [1.82, 2.24) is 0 Å². The number of carbonyl (C=O) groups is 1. The van der Waals surface area contributed by atoms with Gasteiger partial charge in [-0.3, -0.25) is 0 Å². The van der Waals surface area contributed by atoms with E-state index in [4.69, 9.17) is 10.00 Å². The number of nitrogens with zero attached hydrogens (tertiary/aromatic N) is 1. The Morgan fingerprint density at radius 3 is 2.47 bits per heavy atom. The molecule has 1 aromatic carbocycles. The molecule has 19 heavy (non-hydrogen) atoms. The van der Waals surface area contributed by atoms with Gasteiger partial charge in [0.25, 0.3) is 0 Å². The molecule has 0 atom stereocenters. The second-order valence-electron chi connectivity index (χ2n) is 4.73. The van der Waals surface area contributed by atoms with Gasteiger partial charge < -0.3 is 4.74 Å². The van der Waals surface area contributed by atoms with Crippen molar-refractivity contribution in [3.8, 4) is 6.07 Å². The number of carbonyl (C=O) groups excluding carboxylic acids is 1. The first-order valence-electron chi connectivity index (χ1n) is 6.55. The molecule has 3 heteroatoms. The summed E-state index contributed by atoms with van der Waals surface area (Å²) in [4.78, 5) is 11.7. The van der Waals surface area contributed by atoms with Gasteiger partial charge in [0.2, 0.25) is 0 Å². The number of benzene rings is 1. The Hall–Kier alpha value is -2.08. The minimum absolute atomic E-state index is 0.0843. The molecular formula is C16H17NO2. The molecule has 0 amide bonds. The van der Waals surface area contributed by atoms with Crippen LogP contribution in [-0.2, 0) is 9.53 Å². The van der Waals surface area contributed by atoms with Crippen LogP contribution in [0.25, 0.3) is 5.57 Å². The molecule has 1 aromatic rings. The van der Waals surface area contributed by atoms with Gasteiger partial charge in [0.15, 0.2) is 0 Å². The van der Waals surface area contributed by atoms with Crippen LogP contribution in [0.3, 0.4) is 0 Å². The molecule has 2 rings (SSSR count). The average Bonchev–Trinajstić information content (AvgIpc) is 3.24. The number of hydrogen-bond donors (Lipinski definition) is 0. The Labute approximate surface area is 113 Å². The summed E-state index contributed by atoms with van der Waals surface area (Å²) >= 11 is 0. The maximum absolute atomic E-state index is 11.7. The summed E-state index contributed by atoms with van der Waals surface area (Å²) in [6.45, 7) is 3.78. The molecule has 0 radical (unpaired) electrons. The number of rotatable bonds is 4. The van der Waals surface area contributed by atoms with Crippen LogP contribution < -0.4 is 0 Å². The molecule has 0 N–H and O–H groups in total. The largest absolute Gasteiger partial charge is 0.462 e. The zero-order valence-electron chi connectivity index (χ0n) is 11.3. The van der Waals surface area contributed by atoms with E-state index in [2.05, 4.69) is 12.1 Å². The molecule has 1 fully saturated rings. The third-order valence-electron chi connectivity index (χ3n) is 3.36. The van der Waals surface area contributed by atoms with Crippen molar-refractivity contribution < 1.29 is 9.53 Å². The minimum atomic E-state index is -0.547. The third kappa shape index (κ3) is 3.03. The highest BCUT2D eigenvalue weighted by atomic mass is 16.5. The molecule has 0 heterocycles. The van der Waals surface area contributed by atoms with Crippen molar-refractivity contribution in [2.24, 2.45) is 0 Å². The molecule has 1 saturated carbocycles. The lowest BCUT2D eigenvalue weighted by molar-refractivity contribution is -0.137. The van der Waals surface area contributed by atoms with Gasteiger partial charge in [0, 0.05) is 0 Å². The predicted octanol–water partition coefficient (Wildman–Crippen LogP) is 3.42. The van der Waals surface area contributed by atoms with Gasteiger partial charge >= 0.3 is 5.97 Å². The van der Waals surface area contributed by atoms with Gasteiger partial charge in [-0.05, 0) is 49.3 Å². The van der Waals surface area contributed by atoms with E-state index in [0.717, 1.165) is 5.56 Å². The van der Waals surface area contributed by atoms with Gasteiger partial charge in [-0.1, -0.05) is 24.3 Å². The monoisotopic (exact) mass is 255 g/mol. The van der Waals surface area contributed by atoms with E-state index >= 15 is 0 Å². The second kappa shape index (κ2) is 5.71. The maximum atomic E-state index is 11.7. The van der Waals surface area contributed by atoms with E-state index in [1.54, 1.807) is 13.8 Å². The minimum Gasteiger partial charge on any atom is -0.462 e. The average molecular weight is 255 g/mol. The highest BCUT2D eigenvalue weighted by Gasteiger charge is 2.23. The Bertz CT molecular complexity index is 545. The lowest BCUT2D eigenvalue weighted by atomic mass is 9.99. The molecule has 1 aliphatic rings. The van der Waals surface area contributed by atoms with E-state index in [-0.39, 0.29) is 12.2 Å². The van der Waals surface area contributed by atoms with Crippen molar-refractivity contribution in [3.05, 3.63) is 41.0 Å². The lowest BCUT2D eigenvalue weighted by Crippen LogP contribution is -2.08. The molecule has 0 aliphatic heterocycles. The number of nitriles is 1. The van der Waals surface area contributed by atoms with Crippen LogP contribution >= 0.6 is 0 Å². The van der Waals surface area contributed by atoms with Crippen LogP contribution in [0, 0.1) is 11.3 Å².